The molecule has 1 heterocycles. The second-order valence-electron chi connectivity index (χ2n) is 9.78. The number of sulfone groups is 1. The smallest absolute Gasteiger partial charge is 0.307 e. The summed E-state index contributed by atoms with van der Waals surface area (Å²) in [6, 6.07) is 19.9. The average molecular weight is 523 g/mol. The van der Waals surface area contributed by atoms with Crippen LogP contribution in [0.4, 0.5) is 0 Å². The van der Waals surface area contributed by atoms with Gasteiger partial charge in [0.05, 0.1) is 31.5 Å². The molecule has 0 unspecified atom stereocenters. The predicted molar refractivity (Wildman–Crippen MR) is 139 cm³/mol. The zero-order valence-electron chi connectivity index (χ0n) is 20.7. The molecule has 3 aromatic carbocycles. The lowest BCUT2D eigenvalue weighted by Gasteiger charge is -2.13. The van der Waals surface area contributed by atoms with Crippen LogP contribution in [0.5, 0.6) is 11.5 Å². The van der Waals surface area contributed by atoms with Crippen LogP contribution in [0.25, 0.3) is 11.1 Å². The molecular weight excluding hydrogens is 492 g/mol. The molecule has 0 spiro atoms. The minimum Gasteiger partial charge on any atom is -0.494 e. The molecule has 0 aromatic heterocycles. The Morgan fingerprint density at radius 1 is 0.946 bits per heavy atom. The van der Waals surface area contributed by atoms with Gasteiger partial charge in [0.15, 0.2) is 0 Å². The summed E-state index contributed by atoms with van der Waals surface area (Å²) in [7, 11) is -3.00. The van der Waals surface area contributed by atoms with Crippen LogP contribution in [0, 0.1) is 5.92 Å². The van der Waals surface area contributed by atoms with E-state index in [-0.39, 0.29) is 17.6 Å². The fourth-order valence-electron chi connectivity index (χ4n) is 4.73. The van der Waals surface area contributed by atoms with Gasteiger partial charge in [0.2, 0.25) is 0 Å². The summed E-state index contributed by atoms with van der Waals surface area (Å²) in [6.45, 7) is 1.72. The van der Waals surface area contributed by atoms with Gasteiger partial charge in [0, 0.05) is 6.26 Å². The van der Waals surface area contributed by atoms with Gasteiger partial charge in [-0.25, -0.2) is 8.42 Å². The molecule has 37 heavy (non-hydrogen) atoms. The molecule has 1 aliphatic carbocycles. The van der Waals surface area contributed by atoms with E-state index in [1.807, 2.05) is 48.5 Å². The van der Waals surface area contributed by atoms with Crippen LogP contribution in [0.1, 0.15) is 41.0 Å². The first-order valence-corrected chi connectivity index (χ1v) is 14.4. The number of ether oxygens (including phenoxy) is 3. The van der Waals surface area contributed by atoms with Crippen LogP contribution in [-0.2, 0) is 39.2 Å². The molecular formula is C29H30O7S. The van der Waals surface area contributed by atoms with E-state index < -0.39 is 15.8 Å². The quantitative estimate of drug-likeness (QED) is 0.376. The van der Waals surface area contributed by atoms with Gasteiger partial charge in [-0.05, 0) is 82.5 Å². The molecule has 5 rings (SSSR count). The van der Waals surface area contributed by atoms with E-state index in [2.05, 4.69) is 12.1 Å². The first kappa shape index (κ1) is 25.3. The maximum absolute atomic E-state index is 11.3. The lowest BCUT2D eigenvalue weighted by atomic mass is 9.95. The third kappa shape index (κ3) is 6.32. The molecule has 8 heteroatoms. The molecule has 0 saturated heterocycles. The molecule has 0 bridgehead atoms. The third-order valence-electron chi connectivity index (χ3n) is 6.81. The number of aliphatic carboxylic acids is 1. The van der Waals surface area contributed by atoms with Gasteiger partial charge in [-0.15, -0.1) is 0 Å². The second kappa shape index (κ2) is 10.6. The Morgan fingerprint density at radius 3 is 2.43 bits per heavy atom. The number of carboxylic acids is 1. The number of hydrogen-bond acceptors (Lipinski definition) is 6. The van der Waals surface area contributed by atoms with Crippen molar-refractivity contribution in [2.45, 2.75) is 38.6 Å². The van der Waals surface area contributed by atoms with E-state index in [1.54, 1.807) is 0 Å². The molecule has 1 N–H and O–H groups in total. The molecule has 194 valence electrons. The van der Waals surface area contributed by atoms with Crippen LogP contribution in [0.2, 0.25) is 0 Å². The molecule has 1 saturated carbocycles. The van der Waals surface area contributed by atoms with Crippen molar-refractivity contribution in [3.63, 3.8) is 0 Å². The van der Waals surface area contributed by atoms with Gasteiger partial charge < -0.3 is 19.3 Å². The standard InChI is InChI=1S/C29H30O7S/c1-37(32,33)12-2-11-35-24-9-10-25-22(14-24)18-34-17-21-4-3-19(13-26(21)25)16-36-23-7-5-20(6-8-23)27-15-28(27)29(30)31/h3-10,13-14,27-28H,2,11-12,15-18H2,1H3,(H,30,31)/t27-,28+/m1/s1. The lowest BCUT2D eigenvalue weighted by molar-refractivity contribution is -0.138. The number of benzene rings is 3. The number of carboxylic acid groups (broad SMARTS) is 1. The summed E-state index contributed by atoms with van der Waals surface area (Å²) in [5, 5.41) is 9.14. The van der Waals surface area contributed by atoms with Crippen molar-refractivity contribution >= 4 is 15.8 Å². The topological polar surface area (TPSA) is 99.1 Å². The first-order chi connectivity index (χ1) is 17.8. The van der Waals surface area contributed by atoms with Gasteiger partial charge in [-0.2, -0.15) is 0 Å². The summed E-state index contributed by atoms with van der Waals surface area (Å²) in [6.07, 6.45) is 2.38. The normalized spacial score (nSPS) is 18.3. The van der Waals surface area contributed by atoms with E-state index in [0.29, 0.717) is 45.0 Å². The number of carbonyl (C=O) groups is 1. The van der Waals surface area contributed by atoms with Gasteiger partial charge in [-0.1, -0.05) is 30.3 Å². The molecule has 3 aromatic rings. The third-order valence-corrected chi connectivity index (χ3v) is 7.84. The van der Waals surface area contributed by atoms with E-state index in [4.69, 9.17) is 19.3 Å². The van der Waals surface area contributed by atoms with Crippen molar-refractivity contribution in [3.05, 3.63) is 82.9 Å². The molecule has 0 radical (unpaired) electrons. The van der Waals surface area contributed by atoms with E-state index in [9.17, 15) is 13.2 Å². The molecule has 1 aliphatic heterocycles. The van der Waals surface area contributed by atoms with Crippen LogP contribution in [-0.4, -0.2) is 38.1 Å². The zero-order valence-corrected chi connectivity index (χ0v) is 21.5. The fraction of sp³-hybridized carbons (Fsp3) is 0.345. The summed E-state index contributed by atoms with van der Waals surface area (Å²) in [5.74, 6) is 0.664. The summed E-state index contributed by atoms with van der Waals surface area (Å²) < 4.78 is 40.3. The highest BCUT2D eigenvalue weighted by atomic mass is 32.2. The molecule has 0 amide bonds. The van der Waals surface area contributed by atoms with Crippen molar-refractivity contribution in [2.24, 2.45) is 5.92 Å². The van der Waals surface area contributed by atoms with Gasteiger partial charge in [0.1, 0.15) is 27.9 Å². The second-order valence-corrected chi connectivity index (χ2v) is 12.0. The highest BCUT2D eigenvalue weighted by Crippen LogP contribution is 2.47. The Bertz CT molecular complexity index is 1400. The average Bonchev–Trinajstić information content (AvgIpc) is 3.69. The van der Waals surface area contributed by atoms with Crippen LogP contribution in [0.15, 0.2) is 60.7 Å². The maximum Gasteiger partial charge on any atom is 0.307 e. The number of rotatable bonds is 10. The van der Waals surface area contributed by atoms with E-state index in [1.165, 1.54) is 6.26 Å². The van der Waals surface area contributed by atoms with Crippen molar-refractivity contribution in [1.82, 2.24) is 0 Å². The van der Waals surface area contributed by atoms with Gasteiger partial charge >= 0.3 is 5.97 Å². The van der Waals surface area contributed by atoms with Crippen LogP contribution < -0.4 is 9.47 Å². The maximum atomic E-state index is 11.3. The number of hydrogen-bond donors (Lipinski definition) is 1. The Hall–Kier alpha value is -3.36. The SMILES string of the molecule is CS(=O)(=O)CCCOc1ccc2c(c1)COCc1ccc(COc3ccc([C@H]4C[C@@H]4C(=O)O)cc3)cc1-2. The van der Waals surface area contributed by atoms with Gasteiger partial charge in [0.25, 0.3) is 0 Å². The highest BCUT2D eigenvalue weighted by Gasteiger charge is 2.44. The van der Waals surface area contributed by atoms with Crippen molar-refractivity contribution in [1.29, 1.82) is 0 Å². The largest absolute Gasteiger partial charge is 0.494 e. The minimum atomic E-state index is -3.00. The Morgan fingerprint density at radius 2 is 1.70 bits per heavy atom. The lowest BCUT2D eigenvalue weighted by Crippen LogP contribution is -2.08. The van der Waals surface area contributed by atoms with E-state index >= 15 is 0 Å². The van der Waals surface area contributed by atoms with Gasteiger partial charge in [-0.3, -0.25) is 4.79 Å². The Labute approximate surface area is 216 Å². The first-order valence-electron chi connectivity index (χ1n) is 12.4. The highest BCUT2D eigenvalue weighted by molar-refractivity contribution is 7.90. The van der Waals surface area contributed by atoms with Crippen LogP contribution in [0.3, 0.4) is 0 Å². The van der Waals surface area contributed by atoms with Crippen molar-refractivity contribution in [2.75, 3.05) is 18.6 Å². The Kier molecular flexibility index (Phi) is 7.22. The molecule has 1 fully saturated rings. The predicted octanol–water partition coefficient (Wildman–Crippen LogP) is 4.96. The molecule has 2 atom stereocenters. The van der Waals surface area contributed by atoms with E-state index in [0.717, 1.165) is 39.1 Å². The van der Waals surface area contributed by atoms with Crippen molar-refractivity contribution < 1.29 is 32.5 Å². The fourth-order valence-corrected chi connectivity index (χ4v) is 5.37. The Balaban J connectivity index is 1.25. The van der Waals surface area contributed by atoms with Crippen LogP contribution >= 0.6 is 0 Å². The summed E-state index contributed by atoms with van der Waals surface area (Å²) >= 11 is 0. The molecule has 2 aliphatic rings. The summed E-state index contributed by atoms with van der Waals surface area (Å²) in [4.78, 5) is 11.1. The number of fused-ring (bicyclic) bond motifs is 3. The molecule has 7 nitrogen and oxygen atoms in total. The monoisotopic (exact) mass is 522 g/mol. The summed E-state index contributed by atoms with van der Waals surface area (Å²) in [5.41, 5.74) is 6.38. The van der Waals surface area contributed by atoms with Crippen molar-refractivity contribution in [3.8, 4) is 22.6 Å². The minimum absolute atomic E-state index is 0.106. The zero-order chi connectivity index (χ0) is 26.0.